The van der Waals surface area contributed by atoms with E-state index >= 15 is 0 Å². The van der Waals surface area contributed by atoms with E-state index in [9.17, 15) is 19.2 Å². The molecule has 10 rings (SSSR count). The number of hydrogen-bond donors (Lipinski definition) is 4. The van der Waals surface area contributed by atoms with E-state index in [1.807, 2.05) is 66.4 Å². The summed E-state index contributed by atoms with van der Waals surface area (Å²) in [6.07, 6.45) is 8.29. The second kappa shape index (κ2) is 16.9. The average Bonchev–Trinajstić information content (AvgIpc) is 3.97. The number of nitrogens with one attached hydrogen (secondary N) is 4. The summed E-state index contributed by atoms with van der Waals surface area (Å²) in [5.41, 5.74) is 6.70. The number of rotatable bonds is 11. The first-order valence-corrected chi connectivity index (χ1v) is 22.6. The van der Waals surface area contributed by atoms with Crippen LogP contribution in [0.25, 0.3) is 44.4 Å². The highest BCUT2D eigenvalue weighted by atomic mass is 16.5. The van der Waals surface area contributed by atoms with Crippen molar-refractivity contribution in [2.24, 2.45) is 17.3 Å². The van der Waals surface area contributed by atoms with Gasteiger partial charge >= 0.3 is 12.2 Å². The Balaban J connectivity index is 0.839. The Morgan fingerprint density at radius 2 is 1.34 bits per heavy atom. The van der Waals surface area contributed by atoms with Gasteiger partial charge in [0.25, 0.3) is 5.91 Å². The lowest BCUT2D eigenvalue weighted by molar-refractivity contribution is -0.139. The van der Waals surface area contributed by atoms with Gasteiger partial charge in [0.15, 0.2) is 0 Å². The Labute approximate surface area is 377 Å². The fraction of sp³-hybridized carbons (Fsp3) is 0.373. The Hall–Kier alpha value is -6.96. The number of alkyl carbamates (subject to hydrolysis) is 2. The lowest BCUT2D eigenvalue weighted by atomic mass is 9.95. The Morgan fingerprint density at radius 1 is 0.723 bits per heavy atom. The third kappa shape index (κ3) is 7.99. The van der Waals surface area contributed by atoms with Gasteiger partial charge in [0.1, 0.15) is 23.7 Å². The summed E-state index contributed by atoms with van der Waals surface area (Å²) >= 11 is 0. The molecule has 4 fully saturated rings. The van der Waals surface area contributed by atoms with Crippen LogP contribution in [0.1, 0.15) is 87.7 Å². The topological polar surface area (TPSA) is 175 Å². The molecule has 4 aromatic carbocycles. The molecule has 14 heteroatoms. The summed E-state index contributed by atoms with van der Waals surface area (Å²) in [5, 5.41) is 7.73. The summed E-state index contributed by atoms with van der Waals surface area (Å²) in [4.78, 5) is 73.4. The Kier molecular flexibility index (Phi) is 10.9. The number of carbonyl (C=O) groups excluding carboxylic acids is 4. The number of imidazole rings is 2. The van der Waals surface area contributed by atoms with Gasteiger partial charge in [-0.1, -0.05) is 92.7 Å². The molecule has 2 saturated carbocycles. The molecule has 4 N–H and O–H groups in total. The van der Waals surface area contributed by atoms with Crippen LogP contribution in [-0.2, 0) is 19.1 Å². The van der Waals surface area contributed by atoms with Crippen LogP contribution in [0.3, 0.4) is 0 Å². The molecular formula is C51H54N8O6. The van der Waals surface area contributed by atoms with Gasteiger partial charge in [0.2, 0.25) is 5.91 Å². The molecule has 0 radical (unpaired) electrons. The number of aromatic nitrogens is 4. The molecule has 4 heterocycles. The maximum Gasteiger partial charge on any atom is 0.407 e. The Bertz CT molecular complexity index is 2760. The number of fused-ring (bicyclic) bond motifs is 3. The van der Waals surface area contributed by atoms with Crippen molar-refractivity contribution in [2.75, 3.05) is 20.8 Å². The fourth-order valence-electron chi connectivity index (χ4n) is 10.6. The standard InChI is InChI=1S/C51H54N8O6/c1-29(2)42(56-49(62)64-3)48(61)59-38-19-18-37(24-38)44(59)46-53-26-39(55-46)31-12-10-30(11-13-31)33-14-15-35-23-36(17-16-34(35)22-33)40-27-52-45(54-40)41-25-51(20-21-51)28-58(41)47(60)43(57-50(63)65-4)32-8-6-5-7-9-32/h5-17,22-23,26-27,29,37-38,41-44H,18-21,24-25,28H2,1-4H3,(H,52,54)(H,53,55)(H,56,62)(H,57,63)/t37?,38?,41-,42-,43?,44?/m0/s1. The number of carbonyl (C=O) groups is 4. The number of amides is 4. The van der Waals surface area contributed by atoms with Gasteiger partial charge in [-0.2, -0.15) is 0 Å². The van der Waals surface area contributed by atoms with Crippen LogP contribution in [0.4, 0.5) is 9.59 Å². The summed E-state index contributed by atoms with van der Waals surface area (Å²) in [7, 11) is 2.61. The van der Waals surface area contributed by atoms with E-state index in [0.717, 1.165) is 94.6 Å². The molecule has 4 aliphatic rings. The number of benzene rings is 4. The SMILES string of the molecule is COC(=O)NC(C(=O)N1CC2(CC2)C[C@H]1c1ncc(-c2ccc3cc(-c4ccc(-c5cnc(C6C7CCC(C7)N6C(=O)[C@@H](NC(=O)OC)C(C)C)[nH]5)cc4)ccc3c2)[nH]1)c1ccccc1. The minimum atomic E-state index is -0.881. The van der Waals surface area contributed by atoms with Gasteiger partial charge in [-0.15, -0.1) is 0 Å². The largest absolute Gasteiger partial charge is 0.453 e. The highest BCUT2D eigenvalue weighted by Gasteiger charge is 2.55. The number of piperidine rings is 1. The van der Waals surface area contributed by atoms with Crippen molar-refractivity contribution >= 4 is 34.8 Å². The summed E-state index contributed by atoms with van der Waals surface area (Å²) in [6.45, 7) is 4.48. The molecule has 14 nitrogen and oxygen atoms in total. The van der Waals surface area contributed by atoms with Crippen LogP contribution in [-0.4, -0.2) is 86.6 Å². The van der Waals surface area contributed by atoms with Crippen molar-refractivity contribution in [3.63, 3.8) is 0 Å². The number of aromatic amines is 2. The molecular weight excluding hydrogens is 821 g/mol. The van der Waals surface area contributed by atoms with Crippen molar-refractivity contribution in [1.29, 1.82) is 0 Å². The van der Waals surface area contributed by atoms with Gasteiger partial charge < -0.3 is 39.9 Å². The first-order valence-electron chi connectivity index (χ1n) is 22.6. The van der Waals surface area contributed by atoms with Crippen LogP contribution < -0.4 is 10.6 Å². The van der Waals surface area contributed by atoms with E-state index in [1.54, 1.807) is 0 Å². The molecule has 6 atom stereocenters. The monoisotopic (exact) mass is 874 g/mol. The fourth-order valence-corrected chi connectivity index (χ4v) is 10.6. The molecule has 6 aromatic rings. The summed E-state index contributed by atoms with van der Waals surface area (Å²) in [6, 6.07) is 28.7. The number of H-pyrrole nitrogens is 2. The third-order valence-electron chi connectivity index (χ3n) is 14.3. The van der Waals surface area contributed by atoms with E-state index in [1.165, 1.54) is 14.2 Å². The zero-order valence-corrected chi connectivity index (χ0v) is 37.0. The first kappa shape index (κ1) is 42.0. The average molecular weight is 875 g/mol. The van der Waals surface area contributed by atoms with E-state index in [4.69, 9.17) is 19.4 Å². The molecule has 1 spiro atoms. The molecule has 4 amide bonds. The lowest BCUT2D eigenvalue weighted by Crippen LogP contribution is -2.54. The second-order valence-electron chi connectivity index (χ2n) is 18.7. The van der Waals surface area contributed by atoms with Crippen LogP contribution in [0.15, 0.2) is 103 Å². The van der Waals surface area contributed by atoms with Crippen LogP contribution in [0, 0.1) is 17.3 Å². The molecule has 65 heavy (non-hydrogen) atoms. The number of hydrogen-bond acceptors (Lipinski definition) is 8. The maximum atomic E-state index is 14.3. The number of likely N-dealkylation sites (tertiary alicyclic amines) is 2. The lowest BCUT2D eigenvalue weighted by Gasteiger charge is -2.37. The van der Waals surface area contributed by atoms with Crippen LogP contribution >= 0.6 is 0 Å². The summed E-state index contributed by atoms with van der Waals surface area (Å²) < 4.78 is 9.73. The van der Waals surface area contributed by atoms with Crippen molar-refractivity contribution in [2.45, 2.75) is 82.6 Å². The van der Waals surface area contributed by atoms with Gasteiger partial charge in [-0.3, -0.25) is 9.59 Å². The minimum absolute atomic E-state index is 0.0780. The molecule has 4 unspecified atom stereocenters. The number of nitrogens with zero attached hydrogens (tertiary/aromatic N) is 4. The molecule has 2 bridgehead atoms. The van der Waals surface area contributed by atoms with Gasteiger partial charge in [0.05, 0.1) is 50.1 Å². The molecule has 334 valence electrons. The quantitative estimate of drug-likeness (QED) is 0.0999. The van der Waals surface area contributed by atoms with E-state index < -0.39 is 24.3 Å². The zero-order chi connectivity index (χ0) is 45.0. The molecule has 2 saturated heterocycles. The predicted octanol–water partition coefficient (Wildman–Crippen LogP) is 8.87. The molecule has 2 aliphatic heterocycles. The zero-order valence-electron chi connectivity index (χ0n) is 37.0. The highest BCUT2D eigenvalue weighted by Crippen LogP contribution is 2.58. The van der Waals surface area contributed by atoms with E-state index in [0.29, 0.717) is 18.0 Å². The second-order valence-corrected chi connectivity index (χ2v) is 18.7. The number of ether oxygens (including phenoxy) is 2. The van der Waals surface area contributed by atoms with Crippen molar-refractivity contribution in [1.82, 2.24) is 40.4 Å². The molecule has 2 aromatic heterocycles. The van der Waals surface area contributed by atoms with Gasteiger partial charge in [-0.05, 0) is 101 Å². The van der Waals surface area contributed by atoms with E-state index in [-0.39, 0.29) is 41.3 Å². The van der Waals surface area contributed by atoms with E-state index in [2.05, 4.69) is 81.3 Å². The van der Waals surface area contributed by atoms with Crippen molar-refractivity contribution in [3.05, 3.63) is 121 Å². The minimum Gasteiger partial charge on any atom is -0.453 e. The van der Waals surface area contributed by atoms with Gasteiger partial charge in [-0.25, -0.2) is 19.6 Å². The normalized spacial score (nSPS) is 21.4. The maximum absolute atomic E-state index is 14.3. The van der Waals surface area contributed by atoms with Gasteiger partial charge in [0, 0.05) is 18.2 Å². The van der Waals surface area contributed by atoms with Crippen molar-refractivity contribution < 1.29 is 28.7 Å². The highest BCUT2D eigenvalue weighted by molar-refractivity contribution is 5.91. The summed E-state index contributed by atoms with van der Waals surface area (Å²) in [5.74, 6) is 1.44. The Morgan fingerprint density at radius 3 is 2.03 bits per heavy atom. The van der Waals surface area contributed by atoms with Crippen LogP contribution in [0.5, 0.6) is 0 Å². The molecule has 2 aliphatic carbocycles. The number of methoxy groups -OCH3 is 2. The van der Waals surface area contributed by atoms with Crippen molar-refractivity contribution in [3.8, 4) is 33.6 Å². The first-order chi connectivity index (χ1) is 31.5. The third-order valence-corrected chi connectivity index (χ3v) is 14.3. The van der Waals surface area contributed by atoms with Crippen LogP contribution in [0.2, 0.25) is 0 Å². The smallest absolute Gasteiger partial charge is 0.407 e. The predicted molar refractivity (Wildman–Crippen MR) is 245 cm³/mol.